The predicted octanol–water partition coefficient (Wildman–Crippen LogP) is 1.08. The third-order valence-corrected chi connectivity index (χ3v) is 6.47. The number of carbonyl (C=O) groups is 1. The lowest BCUT2D eigenvalue weighted by Crippen LogP contribution is -2.28. The molecule has 0 saturated carbocycles. The van der Waals surface area contributed by atoms with Crippen LogP contribution in [0, 0.1) is 13.8 Å². The molecule has 0 fully saturated rings. The minimum atomic E-state index is -3.72. The van der Waals surface area contributed by atoms with Crippen LogP contribution in [0.15, 0.2) is 28.9 Å². The van der Waals surface area contributed by atoms with Gasteiger partial charge >= 0.3 is 0 Å². The summed E-state index contributed by atoms with van der Waals surface area (Å²) in [7, 11) is -3.72. The number of nitrogens with zero attached hydrogens (tertiary/aromatic N) is 5. The number of rotatable bonds is 8. The first kappa shape index (κ1) is 20.8. The molecule has 3 heterocycles. The highest BCUT2D eigenvalue weighted by molar-refractivity contribution is 7.91. The minimum absolute atomic E-state index is 0.0232. The number of amides is 1. The van der Waals surface area contributed by atoms with Crippen molar-refractivity contribution in [3.8, 4) is 5.82 Å². The van der Waals surface area contributed by atoms with Crippen LogP contribution in [-0.2, 0) is 14.8 Å². The Bertz CT molecular complexity index is 1120. The molecule has 0 radical (unpaired) electrons. The molecule has 0 aliphatic carbocycles. The molecular weight excluding hydrogens is 416 g/mol. The highest BCUT2D eigenvalue weighted by atomic mass is 32.2. The summed E-state index contributed by atoms with van der Waals surface area (Å²) in [5, 5.41) is 10.1. The zero-order valence-corrected chi connectivity index (χ0v) is 17.6. The summed E-state index contributed by atoms with van der Waals surface area (Å²) in [5.74, 6) is 0.849. The van der Waals surface area contributed by atoms with Crippen LogP contribution in [0.3, 0.4) is 0 Å². The third-order valence-electron chi connectivity index (χ3n) is 3.63. The highest BCUT2D eigenvalue weighted by Crippen LogP contribution is 2.22. The van der Waals surface area contributed by atoms with E-state index < -0.39 is 10.0 Å². The van der Waals surface area contributed by atoms with Crippen molar-refractivity contribution in [2.75, 3.05) is 23.7 Å². The Labute approximate surface area is 171 Å². The van der Waals surface area contributed by atoms with Gasteiger partial charge in [0.15, 0.2) is 15.2 Å². The highest BCUT2D eigenvalue weighted by Gasteiger charge is 2.17. The first-order valence-electron chi connectivity index (χ1n) is 8.57. The van der Waals surface area contributed by atoms with Crippen molar-refractivity contribution in [1.29, 1.82) is 0 Å². The summed E-state index contributed by atoms with van der Waals surface area (Å²) >= 11 is 0.881. The van der Waals surface area contributed by atoms with E-state index in [0.29, 0.717) is 18.2 Å². The van der Waals surface area contributed by atoms with Crippen molar-refractivity contribution < 1.29 is 13.2 Å². The monoisotopic (exact) mass is 436 g/mol. The van der Waals surface area contributed by atoms with Gasteiger partial charge in [0.2, 0.25) is 5.91 Å². The van der Waals surface area contributed by atoms with E-state index in [1.807, 2.05) is 19.9 Å². The molecule has 13 heteroatoms. The second-order valence-electron chi connectivity index (χ2n) is 6.09. The Morgan fingerprint density at radius 1 is 1.17 bits per heavy atom. The summed E-state index contributed by atoms with van der Waals surface area (Å²) in [5.41, 5.74) is 1.83. The Kier molecular flexibility index (Phi) is 6.20. The number of anilines is 2. The largest absolute Gasteiger partial charge is 0.369 e. The fourth-order valence-electron chi connectivity index (χ4n) is 2.46. The molecule has 0 atom stereocenters. The lowest BCUT2D eigenvalue weighted by molar-refractivity contribution is -0.114. The second kappa shape index (κ2) is 8.63. The van der Waals surface area contributed by atoms with Crippen molar-refractivity contribution in [3.05, 3.63) is 36.0 Å². The molecule has 29 heavy (non-hydrogen) atoms. The van der Waals surface area contributed by atoms with Crippen LogP contribution in [-0.4, -0.2) is 52.1 Å². The molecule has 0 saturated heterocycles. The lowest BCUT2D eigenvalue weighted by Gasteiger charge is -2.08. The number of aromatic nitrogens is 5. The maximum atomic E-state index is 12.3. The molecule has 3 aromatic rings. The van der Waals surface area contributed by atoms with Crippen LogP contribution in [0.2, 0.25) is 0 Å². The lowest BCUT2D eigenvalue weighted by atomic mass is 10.4. The van der Waals surface area contributed by atoms with E-state index >= 15 is 0 Å². The Hall–Kier alpha value is -2.90. The van der Waals surface area contributed by atoms with Gasteiger partial charge in [0, 0.05) is 31.8 Å². The van der Waals surface area contributed by atoms with Crippen LogP contribution >= 0.6 is 11.3 Å². The third kappa shape index (κ3) is 5.34. The number of hydrogen-bond acceptors (Lipinski definition) is 9. The molecule has 0 aromatic carbocycles. The normalized spacial score (nSPS) is 11.4. The zero-order chi connectivity index (χ0) is 21.0. The SMILES string of the molecule is CC(=O)Nc1ncc(S(=O)(=O)NCCNc2cc(-n3nc(C)cc3C)ncn2)s1. The number of carbonyl (C=O) groups excluding carboxylic acids is 1. The Morgan fingerprint density at radius 2 is 1.97 bits per heavy atom. The van der Waals surface area contributed by atoms with Gasteiger partial charge in [-0.15, -0.1) is 0 Å². The molecule has 0 spiro atoms. The average molecular weight is 437 g/mol. The molecule has 154 valence electrons. The topological polar surface area (TPSA) is 144 Å². The van der Waals surface area contributed by atoms with E-state index in [9.17, 15) is 13.2 Å². The van der Waals surface area contributed by atoms with Gasteiger partial charge in [-0.3, -0.25) is 4.79 Å². The average Bonchev–Trinajstić information content (AvgIpc) is 3.25. The molecule has 0 bridgehead atoms. The second-order valence-corrected chi connectivity index (χ2v) is 9.11. The van der Waals surface area contributed by atoms with Crippen LogP contribution in [0.1, 0.15) is 18.3 Å². The minimum Gasteiger partial charge on any atom is -0.369 e. The Balaban J connectivity index is 1.56. The summed E-state index contributed by atoms with van der Waals surface area (Å²) in [4.78, 5) is 23.2. The van der Waals surface area contributed by atoms with Gasteiger partial charge in [-0.25, -0.2) is 32.8 Å². The van der Waals surface area contributed by atoms with Crippen molar-refractivity contribution in [1.82, 2.24) is 29.5 Å². The summed E-state index contributed by atoms with van der Waals surface area (Å²) in [6.07, 6.45) is 2.62. The number of nitrogens with one attached hydrogen (secondary N) is 3. The van der Waals surface area contributed by atoms with Gasteiger partial charge < -0.3 is 10.6 Å². The van der Waals surface area contributed by atoms with E-state index in [0.717, 1.165) is 22.7 Å². The van der Waals surface area contributed by atoms with E-state index in [1.165, 1.54) is 19.4 Å². The van der Waals surface area contributed by atoms with Gasteiger partial charge in [0.1, 0.15) is 12.1 Å². The van der Waals surface area contributed by atoms with E-state index in [1.54, 1.807) is 10.7 Å². The summed E-state index contributed by atoms with van der Waals surface area (Å²) < 4.78 is 28.8. The molecule has 11 nitrogen and oxygen atoms in total. The van der Waals surface area contributed by atoms with Crippen molar-refractivity contribution in [2.24, 2.45) is 0 Å². The fourth-order valence-corrected chi connectivity index (χ4v) is 4.61. The van der Waals surface area contributed by atoms with Gasteiger partial charge in [0.25, 0.3) is 10.0 Å². The summed E-state index contributed by atoms with van der Waals surface area (Å²) in [6, 6.07) is 3.68. The van der Waals surface area contributed by atoms with Crippen LogP contribution in [0.4, 0.5) is 10.9 Å². The van der Waals surface area contributed by atoms with E-state index in [-0.39, 0.29) is 21.8 Å². The number of aryl methyl sites for hydroxylation is 2. The van der Waals surface area contributed by atoms with Gasteiger partial charge in [-0.1, -0.05) is 11.3 Å². The van der Waals surface area contributed by atoms with Crippen LogP contribution in [0.25, 0.3) is 5.82 Å². The first-order valence-corrected chi connectivity index (χ1v) is 10.9. The van der Waals surface area contributed by atoms with Crippen LogP contribution < -0.4 is 15.4 Å². The van der Waals surface area contributed by atoms with Gasteiger partial charge in [-0.2, -0.15) is 5.10 Å². The van der Waals surface area contributed by atoms with E-state index in [4.69, 9.17) is 0 Å². The first-order chi connectivity index (χ1) is 13.7. The predicted molar refractivity (Wildman–Crippen MR) is 109 cm³/mol. The molecule has 3 aromatic heterocycles. The molecule has 3 rings (SSSR count). The summed E-state index contributed by atoms with van der Waals surface area (Å²) in [6.45, 7) is 5.60. The van der Waals surface area contributed by atoms with Gasteiger partial charge in [-0.05, 0) is 19.9 Å². The van der Waals surface area contributed by atoms with Crippen molar-refractivity contribution >= 4 is 38.2 Å². The molecule has 0 aliphatic rings. The Morgan fingerprint density at radius 3 is 2.66 bits per heavy atom. The number of thiazole rings is 1. The standard InChI is InChI=1S/C16H20N8O3S2/c1-10-6-11(2)24(23-10)14-7-13(19-9-20-14)17-4-5-21-29(26,27)15-8-18-16(28-15)22-12(3)25/h6-9,21H,4-5H2,1-3H3,(H,17,19,20)(H,18,22,25). The number of hydrogen-bond donors (Lipinski definition) is 3. The maximum Gasteiger partial charge on any atom is 0.251 e. The smallest absolute Gasteiger partial charge is 0.251 e. The van der Waals surface area contributed by atoms with Crippen molar-refractivity contribution in [2.45, 2.75) is 25.0 Å². The molecular formula is C16H20N8O3S2. The molecule has 3 N–H and O–H groups in total. The molecule has 0 unspecified atom stereocenters. The molecule has 0 aliphatic heterocycles. The van der Waals surface area contributed by atoms with Gasteiger partial charge in [0.05, 0.1) is 11.9 Å². The van der Waals surface area contributed by atoms with Crippen LogP contribution in [0.5, 0.6) is 0 Å². The fraction of sp³-hybridized carbons (Fsp3) is 0.312. The number of sulfonamides is 1. The van der Waals surface area contributed by atoms with Crippen molar-refractivity contribution in [3.63, 3.8) is 0 Å². The van der Waals surface area contributed by atoms with E-state index in [2.05, 4.69) is 35.4 Å². The zero-order valence-electron chi connectivity index (χ0n) is 16.0. The quantitative estimate of drug-likeness (QED) is 0.445. The maximum absolute atomic E-state index is 12.3. The molecule has 1 amide bonds.